The number of rotatable bonds is 5. The van der Waals surface area contributed by atoms with Crippen LogP contribution in [0.4, 0.5) is 0 Å². The van der Waals surface area contributed by atoms with Gasteiger partial charge in [0.15, 0.2) is 0 Å². The van der Waals surface area contributed by atoms with E-state index in [2.05, 4.69) is 117 Å². The van der Waals surface area contributed by atoms with Crippen molar-refractivity contribution in [2.45, 2.75) is 25.7 Å². The van der Waals surface area contributed by atoms with Gasteiger partial charge in [0.2, 0.25) is 0 Å². The van der Waals surface area contributed by atoms with Crippen LogP contribution in [0.15, 0.2) is 108 Å². The van der Waals surface area contributed by atoms with Crippen LogP contribution in [-0.4, -0.2) is 0 Å². The van der Waals surface area contributed by atoms with E-state index >= 15 is 0 Å². The molecule has 0 aromatic heterocycles. The van der Waals surface area contributed by atoms with Crippen molar-refractivity contribution in [1.82, 2.24) is 0 Å². The average molecular weight is 504 g/mol. The Kier molecular flexibility index (Phi) is 12.8. The summed E-state index contributed by atoms with van der Waals surface area (Å²) in [4.78, 5) is 0. The third kappa shape index (κ3) is 5.56. The zero-order chi connectivity index (χ0) is 18.7. The summed E-state index contributed by atoms with van der Waals surface area (Å²) in [6.07, 6.45) is 6.71. The molecule has 0 N–H and O–H groups in total. The van der Waals surface area contributed by atoms with Crippen LogP contribution >= 0.6 is 0 Å². The van der Waals surface area contributed by atoms with Crippen molar-refractivity contribution in [2.24, 2.45) is 5.92 Å². The maximum Gasteiger partial charge on any atom is 4.00 e. The van der Waals surface area contributed by atoms with Gasteiger partial charge in [-0.3, -0.25) is 6.08 Å². The molecule has 1 aliphatic carbocycles. The molecule has 0 nitrogen and oxygen atoms in total. The summed E-state index contributed by atoms with van der Waals surface area (Å²) in [5, 5.41) is 0. The van der Waals surface area contributed by atoms with Crippen molar-refractivity contribution in [3.05, 3.63) is 131 Å². The molecule has 0 atom stereocenters. The molecule has 4 heteroatoms. The van der Waals surface area contributed by atoms with Gasteiger partial charge in [0.05, 0.1) is 0 Å². The Balaban J connectivity index is 0.00000225. The quantitative estimate of drug-likeness (QED) is 0.210. The Bertz CT molecular complexity index is 868. The zero-order valence-electron chi connectivity index (χ0n) is 17.7. The summed E-state index contributed by atoms with van der Waals surface area (Å²) >= 11 is 0. The fourth-order valence-corrected chi connectivity index (χ4v) is 4.42. The average Bonchev–Trinajstić information content (AvgIpc) is 3.22. The molecule has 158 valence electrons. The number of benzene rings is 3. The molecule has 0 bridgehead atoms. The first-order chi connectivity index (χ1) is 13.2. The van der Waals surface area contributed by atoms with Crippen molar-refractivity contribution in [2.75, 3.05) is 0 Å². The first kappa shape index (κ1) is 29.7. The second-order valence-corrected chi connectivity index (χ2v) is 7.45. The van der Waals surface area contributed by atoms with Gasteiger partial charge in [0.25, 0.3) is 0 Å². The normalized spacial score (nSPS) is 12.4. The third-order valence-electron chi connectivity index (χ3n) is 5.54. The number of hydrogen-bond donors (Lipinski definition) is 0. The summed E-state index contributed by atoms with van der Waals surface area (Å²) in [6.45, 7) is 4.54. The molecular formula is C27H25Cl3Ti. The Morgan fingerprint density at radius 3 is 1.32 bits per heavy atom. The molecule has 0 fully saturated rings. The maximum atomic E-state index is 3.58. The van der Waals surface area contributed by atoms with E-state index in [0.29, 0.717) is 5.92 Å². The van der Waals surface area contributed by atoms with E-state index in [1.54, 1.807) is 0 Å². The molecule has 0 radical (unpaired) electrons. The van der Waals surface area contributed by atoms with E-state index in [4.69, 9.17) is 0 Å². The molecule has 0 amide bonds. The van der Waals surface area contributed by atoms with Crippen LogP contribution < -0.4 is 37.2 Å². The van der Waals surface area contributed by atoms with Crippen molar-refractivity contribution >= 4 is 0 Å². The van der Waals surface area contributed by atoms with Crippen molar-refractivity contribution < 1.29 is 58.9 Å². The van der Waals surface area contributed by atoms with E-state index in [9.17, 15) is 0 Å². The summed E-state index contributed by atoms with van der Waals surface area (Å²) < 4.78 is 0. The molecule has 0 heterocycles. The second kappa shape index (κ2) is 13.3. The summed E-state index contributed by atoms with van der Waals surface area (Å²) in [5.74, 6) is 0.439. The van der Waals surface area contributed by atoms with Gasteiger partial charge in [-0.25, -0.2) is 5.57 Å². The summed E-state index contributed by atoms with van der Waals surface area (Å²) in [6, 6.07) is 32.8. The molecule has 0 unspecified atom stereocenters. The Morgan fingerprint density at radius 1 is 0.645 bits per heavy atom. The minimum atomic E-state index is -0.302. The Morgan fingerprint density at radius 2 is 1.00 bits per heavy atom. The van der Waals surface area contributed by atoms with Gasteiger partial charge in [-0.1, -0.05) is 117 Å². The van der Waals surface area contributed by atoms with E-state index in [1.807, 2.05) is 0 Å². The van der Waals surface area contributed by atoms with Crippen LogP contribution in [0.1, 0.15) is 37.0 Å². The fourth-order valence-electron chi connectivity index (χ4n) is 4.42. The molecule has 1 aliphatic rings. The molecule has 31 heavy (non-hydrogen) atoms. The van der Waals surface area contributed by atoms with Crippen LogP contribution in [0.5, 0.6) is 0 Å². The number of allylic oxidation sites excluding steroid dienone is 4. The molecule has 4 rings (SSSR count). The van der Waals surface area contributed by atoms with Gasteiger partial charge in [0, 0.05) is 5.41 Å². The van der Waals surface area contributed by atoms with Crippen molar-refractivity contribution in [1.29, 1.82) is 0 Å². The van der Waals surface area contributed by atoms with Gasteiger partial charge < -0.3 is 37.2 Å². The molecule has 0 aliphatic heterocycles. The molecular weight excluding hydrogens is 479 g/mol. The van der Waals surface area contributed by atoms with E-state index in [-0.39, 0.29) is 64.4 Å². The third-order valence-corrected chi connectivity index (χ3v) is 5.54. The molecule has 3 aromatic carbocycles. The molecule has 0 saturated heterocycles. The SMILES string of the molecule is CC(C)C1=C(C(c2ccccc2)(c2ccccc2)c2ccccc2)CC=[C-]1.[Cl-].[Cl-].[Cl-].[Ti+4]. The van der Waals surface area contributed by atoms with Crippen LogP contribution in [0.3, 0.4) is 0 Å². The van der Waals surface area contributed by atoms with Crippen LogP contribution in [0, 0.1) is 12.0 Å². The zero-order valence-corrected chi connectivity index (χ0v) is 21.5. The van der Waals surface area contributed by atoms with E-state index in [1.165, 1.54) is 27.8 Å². The Labute approximate surface area is 220 Å². The standard InChI is InChI=1S/C27H25.3ClH.Ti/c1-21(2)25-19-12-20-26(25)27(22-13-6-3-7-14-22,23-15-8-4-9-16-23)24-17-10-5-11-18-24;;;;/h3-18,21H,20H2,1-2H3;3*1H;/q-1;;;;+4/p-3. The topological polar surface area (TPSA) is 0 Å². The first-order valence-electron chi connectivity index (χ1n) is 9.73. The van der Waals surface area contributed by atoms with Crippen molar-refractivity contribution in [3.8, 4) is 0 Å². The van der Waals surface area contributed by atoms with E-state index < -0.39 is 0 Å². The van der Waals surface area contributed by atoms with Gasteiger partial charge in [-0.2, -0.15) is 11.6 Å². The maximum absolute atomic E-state index is 3.58. The predicted molar refractivity (Wildman–Crippen MR) is 114 cm³/mol. The van der Waals surface area contributed by atoms with Gasteiger partial charge >= 0.3 is 21.7 Å². The first-order valence-corrected chi connectivity index (χ1v) is 9.73. The number of halogens is 3. The Hall–Kier alpha value is -1.28. The second-order valence-electron chi connectivity index (χ2n) is 7.45. The minimum absolute atomic E-state index is 0. The van der Waals surface area contributed by atoms with Crippen molar-refractivity contribution in [3.63, 3.8) is 0 Å². The molecule has 0 spiro atoms. The van der Waals surface area contributed by atoms with Crippen LogP contribution in [0.25, 0.3) is 0 Å². The van der Waals surface area contributed by atoms with E-state index in [0.717, 1.165) is 6.42 Å². The van der Waals surface area contributed by atoms with Gasteiger partial charge in [-0.05, 0) is 16.7 Å². The largest absolute Gasteiger partial charge is 4.00 e. The van der Waals surface area contributed by atoms with Gasteiger partial charge in [0.1, 0.15) is 0 Å². The molecule has 0 saturated carbocycles. The number of hydrogen-bond acceptors (Lipinski definition) is 0. The summed E-state index contributed by atoms with van der Waals surface area (Å²) in [5.41, 5.74) is 6.42. The monoisotopic (exact) mass is 502 g/mol. The smallest absolute Gasteiger partial charge is 1.00 e. The summed E-state index contributed by atoms with van der Waals surface area (Å²) in [7, 11) is 0. The fraction of sp³-hybridized carbons (Fsp3) is 0.185. The minimum Gasteiger partial charge on any atom is -1.00 e. The van der Waals surface area contributed by atoms with Crippen LogP contribution in [0.2, 0.25) is 0 Å². The molecule has 3 aromatic rings. The predicted octanol–water partition coefficient (Wildman–Crippen LogP) is -2.25. The van der Waals surface area contributed by atoms with Crippen LogP contribution in [-0.2, 0) is 27.1 Å². The van der Waals surface area contributed by atoms with Gasteiger partial charge in [-0.15, -0.1) is 0 Å².